The summed E-state index contributed by atoms with van der Waals surface area (Å²) in [5, 5.41) is 9.49. The summed E-state index contributed by atoms with van der Waals surface area (Å²) in [6.45, 7) is 8.98. The number of aliphatic hydroxyl groups excluding tert-OH is 1. The van der Waals surface area contributed by atoms with E-state index in [0.29, 0.717) is 6.04 Å². The van der Waals surface area contributed by atoms with Crippen LogP contribution in [0.5, 0.6) is 0 Å². The molecule has 1 N–H and O–H groups in total. The van der Waals surface area contributed by atoms with E-state index in [4.69, 9.17) is 0 Å². The summed E-state index contributed by atoms with van der Waals surface area (Å²) in [6.07, 6.45) is 0.795. The molecule has 0 aliphatic carbocycles. The second kappa shape index (κ2) is 8.52. The van der Waals surface area contributed by atoms with E-state index in [0.717, 1.165) is 61.9 Å². The van der Waals surface area contributed by atoms with Crippen LogP contribution in [0.15, 0.2) is 36.4 Å². The zero-order chi connectivity index (χ0) is 17.6. The number of hydrogen-bond donors (Lipinski definition) is 1. The lowest BCUT2D eigenvalue weighted by molar-refractivity contribution is 0.0485. The average Bonchev–Trinajstić information content (AvgIpc) is 2.58. The van der Waals surface area contributed by atoms with Gasteiger partial charge in [-0.25, -0.2) is 0 Å². The molecule has 2 aromatic rings. The normalized spacial score (nSPS) is 19.2. The third-order valence-corrected chi connectivity index (χ3v) is 4.79. The summed E-state index contributed by atoms with van der Waals surface area (Å²) in [5.41, 5.74) is 4.35. The summed E-state index contributed by atoms with van der Waals surface area (Å²) in [5.74, 6) is 0. The lowest BCUT2D eigenvalue weighted by Gasteiger charge is -2.41. The summed E-state index contributed by atoms with van der Waals surface area (Å²) in [6, 6.07) is 12.7. The smallest absolute Gasteiger partial charge is 0.0547 e. The van der Waals surface area contributed by atoms with Gasteiger partial charge in [-0.15, -0.1) is 0 Å². The topological polar surface area (TPSA) is 52.5 Å². The van der Waals surface area contributed by atoms with Crippen molar-refractivity contribution in [1.29, 1.82) is 0 Å². The first-order valence-corrected chi connectivity index (χ1v) is 9.06. The third-order valence-electron chi connectivity index (χ3n) is 4.79. The van der Waals surface area contributed by atoms with Gasteiger partial charge in [0.05, 0.1) is 11.4 Å². The number of hydrogen-bond acceptors (Lipinski definition) is 5. The lowest BCUT2D eigenvalue weighted by Crippen LogP contribution is -2.52. The van der Waals surface area contributed by atoms with Crippen LogP contribution in [0.3, 0.4) is 0 Å². The summed E-state index contributed by atoms with van der Waals surface area (Å²) < 4.78 is 0. The second-order valence-corrected chi connectivity index (χ2v) is 6.91. The number of nitrogens with zero attached hydrogens (tertiary/aromatic N) is 4. The van der Waals surface area contributed by atoms with Gasteiger partial charge in [-0.1, -0.05) is 12.1 Å². The van der Waals surface area contributed by atoms with Crippen LogP contribution in [0.2, 0.25) is 0 Å². The molecule has 5 heteroatoms. The molecule has 0 amide bonds. The van der Waals surface area contributed by atoms with E-state index in [-0.39, 0.29) is 6.61 Å². The molecule has 1 saturated heterocycles. The molecule has 1 aliphatic heterocycles. The highest BCUT2D eigenvalue weighted by molar-refractivity contribution is 5.11. The molecule has 0 spiro atoms. The quantitative estimate of drug-likeness (QED) is 0.873. The maximum absolute atomic E-state index is 9.49. The lowest BCUT2D eigenvalue weighted by atomic mass is 10.1. The fourth-order valence-corrected chi connectivity index (χ4v) is 3.54. The Bertz CT molecular complexity index is 691. The Morgan fingerprint density at radius 3 is 2.20 bits per heavy atom. The molecule has 25 heavy (non-hydrogen) atoms. The highest BCUT2D eigenvalue weighted by Gasteiger charge is 2.27. The van der Waals surface area contributed by atoms with Crippen LogP contribution in [0.1, 0.15) is 29.2 Å². The predicted octanol–water partition coefficient (Wildman–Crippen LogP) is 2.16. The molecule has 3 rings (SSSR count). The van der Waals surface area contributed by atoms with Gasteiger partial charge in [0.25, 0.3) is 0 Å². The number of aromatic nitrogens is 2. The van der Waals surface area contributed by atoms with Crippen LogP contribution < -0.4 is 0 Å². The Balaban J connectivity index is 1.63. The van der Waals surface area contributed by atoms with Crippen LogP contribution in [-0.2, 0) is 13.1 Å². The molecule has 1 aliphatic rings. The van der Waals surface area contributed by atoms with E-state index in [9.17, 15) is 5.11 Å². The first-order valence-electron chi connectivity index (χ1n) is 9.06. The maximum atomic E-state index is 9.49. The first kappa shape index (κ1) is 18.0. The van der Waals surface area contributed by atoms with Crippen molar-refractivity contribution in [3.05, 3.63) is 59.2 Å². The van der Waals surface area contributed by atoms with Crippen molar-refractivity contribution in [2.45, 2.75) is 39.4 Å². The van der Waals surface area contributed by atoms with Gasteiger partial charge < -0.3 is 5.11 Å². The van der Waals surface area contributed by atoms with Crippen molar-refractivity contribution in [2.24, 2.45) is 0 Å². The van der Waals surface area contributed by atoms with Gasteiger partial charge in [0.1, 0.15) is 0 Å². The van der Waals surface area contributed by atoms with Crippen molar-refractivity contribution in [3.63, 3.8) is 0 Å². The van der Waals surface area contributed by atoms with Crippen LogP contribution in [0.4, 0.5) is 0 Å². The number of aryl methyl sites for hydroxylation is 2. The van der Waals surface area contributed by atoms with Crippen molar-refractivity contribution in [2.75, 3.05) is 26.2 Å². The van der Waals surface area contributed by atoms with Crippen molar-refractivity contribution >= 4 is 0 Å². The molecule has 2 aromatic heterocycles. The number of rotatable bonds is 6. The average molecular weight is 340 g/mol. The van der Waals surface area contributed by atoms with Crippen LogP contribution >= 0.6 is 0 Å². The third kappa shape index (κ3) is 5.08. The number of piperazine rings is 1. The summed E-state index contributed by atoms with van der Waals surface area (Å²) in [4.78, 5) is 14.2. The SMILES string of the molecule is Cc1cccc(CN2CCN(Cc3cccc(C)n3)[C@@H](CCO)C2)n1. The standard InChI is InChI=1S/C20H28N4O/c1-16-5-3-7-18(21-16)13-23-10-11-24(20(15-23)9-12-25)14-19-8-4-6-17(2)22-19/h3-8,20,25H,9-15H2,1-2H3/t20-/m0/s1. The fourth-order valence-electron chi connectivity index (χ4n) is 3.54. The van der Waals surface area contributed by atoms with Gasteiger partial charge >= 0.3 is 0 Å². The minimum atomic E-state index is 0.221. The fraction of sp³-hybridized carbons (Fsp3) is 0.500. The van der Waals surface area contributed by atoms with Gasteiger partial charge in [0, 0.05) is 56.8 Å². The second-order valence-electron chi connectivity index (χ2n) is 6.91. The van der Waals surface area contributed by atoms with E-state index in [1.165, 1.54) is 0 Å². The van der Waals surface area contributed by atoms with E-state index >= 15 is 0 Å². The highest BCUT2D eigenvalue weighted by atomic mass is 16.3. The van der Waals surface area contributed by atoms with Gasteiger partial charge in [-0.05, 0) is 44.5 Å². The Labute approximate surface area is 150 Å². The molecule has 0 saturated carbocycles. The molecule has 5 nitrogen and oxygen atoms in total. The minimum Gasteiger partial charge on any atom is -0.396 e. The molecule has 0 radical (unpaired) electrons. The molecule has 1 fully saturated rings. The highest BCUT2D eigenvalue weighted by Crippen LogP contribution is 2.17. The molecular formula is C20H28N4O. The van der Waals surface area contributed by atoms with Gasteiger partial charge in [-0.3, -0.25) is 19.8 Å². The molecule has 0 aromatic carbocycles. The van der Waals surface area contributed by atoms with Crippen LogP contribution in [0.25, 0.3) is 0 Å². The van der Waals surface area contributed by atoms with Crippen LogP contribution in [0, 0.1) is 13.8 Å². The molecule has 0 bridgehead atoms. The Kier molecular flexibility index (Phi) is 6.13. The van der Waals surface area contributed by atoms with Crippen molar-refractivity contribution < 1.29 is 5.11 Å². The summed E-state index contributed by atoms with van der Waals surface area (Å²) in [7, 11) is 0. The summed E-state index contributed by atoms with van der Waals surface area (Å²) >= 11 is 0. The Morgan fingerprint density at radius 2 is 1.60 bits per heavy atom. The minimum absolute atomic E-state index is 0.221. The van der Waals surface area contributed by atoms with E-state index in [1.807, 2.05) is 26.0 Å². The molecule has 3 heterocycles. The Morgan fingerprint density at radius 1 is 0.960 bits per heavy atom. The van der Waals surface area contributed by atoms with E-state index < -0.39 is 0 Å². The molecule has 1 atom stereocenters. The van der Waals surface area contributed by atoms with Crippen LogP contribution in [-0.4, -0.2) is 57.2 Å². The van der Waals surface area contributed by atoms with Gasteiger partial charge in [0.2, 0.25) is 0 Å². The van der Waals surface area contributed by atoms with E-state index in [2.05, 4.69) is 44.0 Å². The first-order chi connectivity index (χ1) is 12.1. The molecule has 0 unspecified atom stereocenters. The van der Waals surface area contributed by atoms with Gasteiger partial charge in [-0.2, -0.15) is 0 Å². The zero-order valence-corrected chi connectivity index (χ0v) is 15.2. The number of pyridine rings is 2. The maximum Gasteiger partial charge on any atom is 0.0547 e. The predicted molar refractivity (Wildman–Crippen MR) is 99.1 cm³/mol. The van der Waals surface area contributed by atoms with Crippen molar-refractivity contribution in [3.8, 4) is 0 Å². The van der Waals surface area contributed by atoms with Crippen molar-refractivity contribution in [1.82, 2.24) is 19.8 Å². The monoisotopic (exact) mass is 340 g/mol. The van der Waals surface area contributed by atoms with Gasteiger partial charge in [0.15, 0.2) is 0 Å². The van der Waals surface area contributed by atoms with E-state index in [1.54, 1.807) is 0 Å². The largest absolute Gasteiger partial charge is 0.396 e. The molecular weight excluding hydrogens is 312 g/mol. The number of aliphatic hydroxyl groups is 1. The molecule has 134 valence electrons. The Hall–Kier alpha value is -1.82. The zero-order valence-electron chi connectivity index (χ0n) is 15.2.